The van der Waals surface area contributed by atoms with Crippen LogP contribution >= 0.6 is 23.2 Å². The summed E-state index contributed by atoms with van der Waals surface area (Å²) >= 11 is 11.9. The van der Waals surface area contributed by atoms with E-state index in [-0.39, 0.29) is 10.8 Å². The Hall–Kier alpha value is -2.04. The average Bonchev–Trinajstić information content (AvgIpc) is 2.99. The largest absolute Gasteiger partial charge is 0.504 e. The summed E-state index contributed by atoms with van der Waals surface area (Å²) in [6, 6.07) is 13.0. The highest BCUT2D eigenvalue weighted by Gasteiger charge is 2.16. The van der Waals surface area contributed by atoms with Gasteiger partial charge >= 0.3 is 0 Å². The number of hydrogen-bond donors (Lipinski definition) is 2. The molecule has 0 unspecified atom stereocenters. The summed E-state index contributed by atoms with van der Waals surface area (Å²) in [5, 5.41) is 13.7. The molecule has 0 radical (unpaired) electrons. The van der Waals surface area contributed by atoms with E-state index < -0.39 is 0 Å². The number of phenolic OH excluding ortho intramolecular Hbond substituents is 1. The fraction of sp³-hybridized carbons (Fsp3) is 0.125. The number of nitrogens with zero attached hydrogens (tertiary/aromatic N) is 2. The number of nitrogens with one attached hydrogen (secondary N) is 1. The maximum Gasteiger partial charge on any atom is 0.157 e. The van der Waals surface area contributed by atoms with Crippen LogP contribution in [0.2, 0.25) is 10.0 Å². The highest BCUT2D eigenvalue weighted by atomic mass is 35.5. The van der Waals surface area contributed by atoms with Gasteiger partial charge in [-0.15, -0.1) is 0 Å². The standard InChI is InChI=1S/C16H13Cl2N3O/c17-11-6-12(18)16(22)13(7-11)19-8-14-15(21-9-20-14)10-4-2-1-3-5-10/h1-7,19,22H,8-9H2. The van der Waals surface area contributed by atoms with Gasteiger partial charge in [0.05, 0.1) is 28.7 Å². The molecule has 0 amide bonds. The number of halogens is 2. The Morgan fingerprint density at radius 2 is 1.86 bits per heavy atom. The van der Waals surface area contributed by atoms with E-state index in [4.69, 9.17) is 23.2 Å². The van der Waals surface area contributed by atoms with Crippen molar-refractivity contribution < 1.29 is 5.11 Å². The van der Waals surface area contributed by atoms with Gasteiger partial charge in [-0.25, -0.2) is 0 Å². The Kier molecular flexibility index (Phi) is 4.32. The molecule has 0 saturated carbocycles. The van der Waals surface area contributed by atoms with Gasteiger partial charge in [0.25, 0.3) is 0 Å². The minimum atomic E-state index is -0.0251. The highest BCUT2D eigenvalue weighted by molar-refractivity contribution is 6.50. The maximum absolute atomic E-state index is 9.96. The van der Waals surface area contributed by atoms with Crippen LogP contribution in [0.5, 0.6) is 5.75 Å². The lowest BCUT2D eigenvalue weighted by molar-refractivity contribution is 0.477. The molecule has 2 N–H and O–H groups in total. The molecule has 0 spiro atoms. The van der Waals surface area contributed by atoms with Crippen molar-refractivity contribution in [1.29, 1.82) is 0 Å². The average molecular weight is 334 g/mol. The van der Waals surface area contributed by atoms with Crippen molar-refractivity contribution in [3.05, 3.63) is 58.1 Å². The second-order valence-electron chi connectivity index (χ2n) is 4.76. The number of aromatic hydroxyl groups is 1. The number of phenols is 1. The number of anilines is 1. The quantitative estimate of drug-likeness (QED) is 0.830. The monoisotopic (exact) mass is 333 g/mol. The number of benzene rings is 2. The highest BCUT2D eigenvalue weighted by Crippen LogP contribution is 2.34. The van der Waals surface area contributed by atoms with Gasteiger partial charge in [0.15, 0.2) is 5.75 Å². The number of hydrogen-bond acceptors (Lipinski definition) is 4. The van der Waals surface area contributed by atoms with Crippen LogP contribution < -0.4 is 5.32 Å². The van der Waals surface area contributed by atoms with Crippen molar-refractivity contribution in [2.75, 3.05) is 18.5 Å². The molecule has 1 aliphatic rings. The summed E-state index contributed by atoms with van der Waals surface area (Å²) in [7, 11) is 0. The van der Waals surface area contributed by atoms with Gasteiger partial charge in [0.1, 0.15) is 6.67 Å². The van der Waals surface area contributed by atoms with Gasteiger partial charge in [0.2, 0.25) is 0 Å². The van der Waals surface area contributed by atoms with Gasteiger partial charge in [-0.05, 0) is 12.1 Å². The lowest BCUT2D eigenvalue weighted by Gasteiger charge is -2.11. The Balaban J connectivity index is 1.76. The zero-order valence-corrected chi connectivity index (χ0v) is 13.1. The lowest BCUT2D eigenvalue weighted by Crippen LogP contribution is -2.22. The Labute approximate surface area is 138 Å². The fourth-order valence-corrected chi connectivity index (χ4v) is 2.72. The third-order valence-electron chi connectivity index (χ3n) is 3.29. The smallest absolute Gasteiger partial charge is 0.157 e. The van der Waals surface area contributed by atoms with E-state index in [1.165, 1.54) is 6.07 Å². The van der Waals surface area contributed by atoms with Crippen LogP contribution in [0.4, 0.5) is 5.69 Å². The maximum atomic E-state index is 9.96. The van der Waals surface area contributed by atoms with Crippen molar-refractivity contribution in [2.24, 2.45) is 9.98 Å². The van der Waals surface area contributed by atoms with Crippen LogP contribution in [0.3, 0.4) is 0 Å². The van der Waals surface area contributed by atoms with Crippen LogP contribution in [0.1, 0.15) is 5.56 Å². The topological polar surface area (TPSA) is 57.0 Å². The molecular weight excluding hydrogens is 321 g/mol. The number of rotatable bonds is 4. The zero-order chi connectivity index (χ0) is 15.5. The van der Waals surface area contributed by atoms with Gasteiger partial charge < -0.3 is 10.4 Å². The summed E-state index contributed by atoms with van der Waals surface area (Å²) in [6.45, 7) is 0.849. The van der Waals surface area contributed by atoms with E-state index in [0.717, 1.165) is 17.0 Å². The van der Waals surface area contributed by atoms with Crippen molar-refractivity contribution in [3.8, 4) is 5.75 Å². The van der Waals surface area contributed by atoms with E-state index in [9.17, 15) is 5.11 Å². The summed E-state index contributed by atoms with van der Waals surface area (Å²) in [6.07, 6.45) is 0. The lowest BCUT2D eigenvalue weighted by atomic mass is 10.1. The first kappa shape index (κ1) is 14.9. The Bertz CT molecular complexity index is 757. The molecular formula is C16H13Cl2N3O. The van der Waals surface area contributed by atoms with E-state index in [1.807, 2.05) is 30.3 Å². The van der Waals surface area contributed by atoms with Crippen molar-refractivity contribution >= 4 is 40.3 Å². The van der Waals surface area contributed by atoms with Crippen LogP contribution in [0.25, 0.3) is 0 Å². The first-order valence-electron chi connectivity index (χ1n) is 6.70. The first-order valence-corrected chi connectivity index (χ1v) is 7.46. The molecule has 22 heavy (non-hydrogen) atoms. The SMILES string of the molecule is Oc1c(Cl)cc(Cl)cc1NCC1=NCN=C1c1ccccc1. The molecule has 0 aromatic heterocycles. The van der Waals surface area contributed by atoms with Gasteiger partial charge in [-0.2, -0.15) is 0 Å². The van der Waals surface area contributed by atoms with Crippen molar-refractivity contribution in [1.82, 2.24) is 0 Å². The van der Waals surface area contributed by atoms with Gasteiger partial charge in [-0.3, -0.25) is 9.98 Å². The third-order valence-corrected chi connectivity index (χ3v) is 3.79. The summed E-state index contributed by atoms with van der Waals surface area (Å²) in [5.41, 5.74) is 3.19. The Morgan fingerprint density at radius 1 is 1.09 bits per heavy atom. The van der Waals surface area contributed by atoms with E-state index in [0.29, 0.717) is 23.9 Å². The zero-order valence-electron chi connectivity index (χ0n) is 11.6. The third kappa shape index (κ3) is 3.08. The van der Waals surface area contributed by atoms with Crippen LogP contribution in [0.15, 0.2) is 52.4 Å². The first-order chi connectivity index (χ1) is 10.6. The minimum absolute atomic E-state index is 0.0251. The molecule has 2 aromatic rings. The molecule has 4 nitrogen and oxygen atoms in total. The van der Waals surface area contributed by atoms with E-state index in [2.05, 4.69) is 15.3 Å². The van der Waals surface area contributed by atoms with Crippen LogP contribution in [-0.4, -0.2) is 29.7 Å². The van der Waals surface area contributed by atoms with Crippen LogP contribution in [-0.2, 0) is 0 Å². The van der Waals surface area contributed by atoms with E-state index in [1.54, 1.807) is 6.07 Å². The second kappa shape index (κ2) is 6.38. The molecule has 6 heteroatoms. The van der Waals surface area contributed by atoms with E-state index >= 15 is 0 Å². The summed E-state index contributed by atoms with van der Waals surface area (Å²) in [4.78, 5) is 8.80. The normalized spacial score (nSPS) is 13.7. The predicted octanol–water partition coefficient (Wildman–Crippen LogP) is 4.01. The molecule has 0 aliphatic carbocycles. The number of aliphatic imine (C=N–C) groups is 2. The summed E-state index contributed by atoms with van der Waals surface area (Å²) in [5.74, 6) is -0.0251. The van der Waals surface area contributed by atoms with Gasteiger partial charge in [-0.1, -0.05) is 53.5 Å². The molecule has 0 fully saturated rings. The molecule has 112 valence electrons. The van der Waals surface area contributed by atoms with Gasteiger partial charge in [0, 0.05) is 10.6 Å². The molecule has 1 aliphatic heterocycles. The summed E-state index contributed by atoms with van der Waals surface area (Å²) < 4.78 is 0. The molecule has 0 saturated heterocycles. The molecule has 2 aromatic carbocycles. The molecule has 0 bridgehead atoms. The second-order valence-corrected chi connectivity index (χ2v) is 5.60. The molecule has 3 rings (SSSR count). The van der Waals surface area contributed by atoms with Crippen LogP contribution in [0, 0.1) is 0 Å². The molecule has 0 atom stereocenters. The predicted molar refractivity (Wildman–Crippen MR) is 91.9 cm³/mol. The fourth-order valence-electron chi connectivity index (χ4n) is 2.23. The minimum Gasteiger partial charge on any atom is -0.504 e. The van der Waals surface area contributed by atoms with Crippen molar-refractivity contribution in [3.63, 3.8) is 0 Å². The van der Waals surface area contributed by atoms with Crippen molar-refractivity contribution in [2.45, 2.75) is 0 Å². The Morgan fingerprint density at radius 3 is 2.64 bits per heavy atom. The molecule has 1 heterocycles.